The molecule has 0 saturated heterocycles. The molecule has 0 bridgehead atoms. The van der Waals surface area contributed by atoms with E-state index in [0.717, 1.165) is 12.8 Å². The Morgan fingerprint density at radius 3 is 2.75 bits per heavy atom. The fourth-order valence-electron chi connectivity index (χ4n) is 1.87. The Bertz CT molecular complexity index is 324. The zero-order valence-corrected chi connectivity index (χ0v) is 10.7. The summed E-state index contributed by atoms with van der Waals surface area (Å²) in [6.45, 7) is 6.63. The summed E-state index contributed by atoms with van der Waals surface area (Å²) in [6, 6.07) is 0.255. The summed E-state index contributed by atoms with van der Waals surface area (Å²) in [6.07, 6.45) is 5.67. The molecule has 0 amide bonds. The number of aryl methyl sites for hydroxylation is 1. The van der Waals surface area contributed by atoms with Gasteiger partial charge in [0.05, 0.1) is 6.20 Å². The highest BCUT2D eigenvalue weighted by atomic mass is 16.3. The van der Waals surface area contributed by atoms with Crippen molar-refractivity contribution in [3.8, 4) is 0 Å². The second kappa shape index (κ2) is 5.46. The fourth-order valence-corrected chi connectivity index (χ4v) is 1.87. The molecule has 16 heavy (non-hydrogen) atoms. The topological polar surface area (TPSA) is 50.1 Å². The highest BCUT2D eigenvalue weighted by Crippen LogP contribution is 2.20. The van der Waals surface area contributed by atoms with Gasteiger partial charge in [-0.15, -0.1) is 0 Å². The molecule has 2 unspecified atom stereocenters. The Kier molecular flexibility index (Phi) is 4.50. The average Bonchev–Trinajstić information content (AvgIpc) is 2.65. The first kappa shape index (κ1) is 13.2. The minimum absolute atomic E-state index is 0.00991. The standard InChI is InChI=1S/C12H23N3O/c1-5-12(3,6-7-16)14-10(2)11-8-13-15(4)9-11/h8-10,14,16H,5-7H2,1-4H3. The molecule has 1 aromatic rings. The van der Waals surface area contributed by atoms with E-state index < -0.39 is 0 Å². The molecule has 4 heteroatoms. The molecule has 0 saturated carbocycles. The smallest absolute Gasteiger partial charge is 0.0537 e. The predicted octanol–water partition coefficient (Wildman–Crippen LogP) is 1.62. The van der Waals surface area contributed by atoms with Gasteiger partial charge >= 0.3 is 0 Å². The van der Waals surface area contributed by atoms with Crippen LogP contribution in [0.15, 0.2) is 12.4 Å². The lowest BCUT2D eigenvalue weighted by molar-refractivity contribution is 0.205. The molecule has 4 nitrogen and oxygen atoms in total. The second-order valence-corrected chi connectivity index (χ2v) is 4.70. The van der Waals surface area contributed by atoms with Gasteiger partial charge in [0.2, 0.25) is 0 Å². The van der Waals surface area contributed by atoms with Crippen LogP contribution in [0, 0.1) is 0 Å². The van der Waals surface area contributed by atoms with Crippen molar-refractivity contribution in [1.29, 1.82) is 0 Å². The molecule has 1 heterocycles. The Balaban J connectivity index is 2.65. The quantitative estimate of drug-likeness (QED) is 0.773. The zero-order valence-electron chi connectivity index (χ0n) is 10.7. The maximum atomic E-state index is 9.06. The molecule has 0 aliphatic rings. The van der Waals surface area contributed by atoms with Crippen LogP contribution in [-0.4, -0.2) is 27.0 Å². The van der Waals surface area contributed by atoms with Crippen LogP contribution in [0.4, 0.5) is 0 Å². The first-order valence-corrected chi connectivity index (χ1v) is 5.88. The van der Waals surface area contributed by atoms with Crippen molar-refractivity contribution in [2.75, 3.05) is 6.61 Å². The molecule has 0 aromatic carbocycles. The molecule has 1 rings (SSSR count). The minimum atomic E-state index is -0.00991. The third kappa shape index (κ3) is 3.32. The van der Waals surface area contributed by atoms with Crippen LogP contribution in [0.2, 0.25) is 0 Å². The molecular weight excluding hydrogens is 202 g/mol. The van der Waals surface area contributed by atoms with Crippen molar-refractivity contribution in [1.82, 2.24) is 15.1 Å². The molecule has 0 radical (unpaired) electrons. The lowest BCUT2D eigenvalue weighted by Gasteiger charge is -2.32. The highest BCUT2D eigenvalue weighted by Gasteiger charge is 2.24. The number of rotatable bonds is 6. The Hall–Kier alpha value is -0.870. The summed E-state index contributed by atoms with van der Waals surface area (Å²) in [4.78, 5) is 0. The van der Waals surface area contributed by atoms with E-state index in [0.29, 0.717) is 0 Å². The summed E-state index contributed by atoms with van der Waals surface area (Å²) >= 11 is 0. The van der Waals surface area contributed by atoms with Gasteiger partial charge in [0, 0.05) is 37.0 Å². The molecular formula is C12H23N3O. The Labute approximate surface area is 97.7 Å². The fraction of sp³-hybridized carbons (Fsp3) is 0.750. The summed E-state index contributed by atoms with van der Waals surface area (Å²) in [7, 11) is 1.92. The molecule has 0 fully saturated rings. The first-order chi connectivity index (χ1) is 7.50. The van der Waals surface area contributed by atoms with Gasteiger partial charge in [-0.05, 0) is 26.7 Å². The summed E-state index contributed by atoms with van der Waals surface area (Å²) in [5, 5.41) is 16.8. The van der Waals surface area contributed by atoms with E-state index in [1.54, 1.807) is 0 Å². The monoisotopic (exact) mass is 225 g/mol. The number of nitrogens with zero attached hydrogens (tertiary/aromatic N) is 2. The van der Waals surface area contributed by atoms with Crippen molar-refractivity contribution in [3.05, 3.63) is 18.0 Å². The van der Waals surface area contributed by atoms with Gasteiger partial charge in [-0.25, -0.2) is 0 Å². The third-order valence-corrected chi connectivity index (χ3v) is 3.23. The lowest BCUT2D eigenvalue weighted by Crippen LogP contribution is -2.43. The van der Waals surface area contributed by atoms with E-state index in [-0.39, 0.29) is 18.2 Å². The number of hydrogen-bond acceptors (Lipinski definition) is 3. The van der Waals surface area contributed by atoms with Gasteiger partial charge in [-0.1, -0.05) is 6.92 Å². The largest absolute Gasteiger partial charge is 0.396 e. The summed E-state index contributed by atoms with van der Waals surface area (Å²) < 4.78 is 1.81. The van der Waals surface area contributed by atoms with Gasteiger partial charge in [0.15, 0.2) is 0 Å². The van der Waals surface area contributed by atoms with Crippen molar-refractivity contribution in [2.24, 2.45) is 7.05 Å². The van der Waals surface area contributed by atoms with Crippen LogP contribution in [0.1, 0.15) is 45.2 Å². The Morgan fingerprint density at radius 1 is 1.62 bits per heavy atom. The van der Waals surface area contributed by atoms with Gasteiger partial charge < -0.3 is 10.4 Å². The normalized spacial score (nSPS) is 17.1. The van der Waals surface area contributed by atoms with E-state index >= 15 is 0 Å². The average molecular weight is 225 g/mol. The third-order valence-electron chi connectivity index (χ3n) is 3.23. The maximum absolute atomic E-state index is 9.06. The number of aromatic nitrogens is 2. The number of hydrogen-bond donors (Lipinski definition) is 2. The highest BCUT2D eigenvalue weighted by molar-refractivity contribution is 5.10. The van der Waals surface area contributed by atoms with Gasteiger partial charge in [-0.3, -0.25) is 4.68 Å². The van der Waals surface area contributed by atoms with Crippen LogP contribution >= 0.6 is 0 Å². The second-order valence-electron chi connectivity index (χ2n) is 4.70. The van der Waals surface area contributed by atoms with Crippen LogP contribution < -0.4 is 5.32 Å². The van der Waals surface area contributed by atoms with Crippen molar-refractivity contribution >= 4 is 0 Å². The van der Waals surface area contributed by atoms with Gasteiger partial charge in [-0.2, -0.15) is 5.10 Å². The van der Waals surface area contributed by atoms with Crippen molar-refractivity contribution in [2.45, 2.75) is 45.2 Å². The molecule has 1 aromatic heterocycles. The van der Waals surface area contributed by atoms with Crippen LogP contribution in [0.5, 0.6) is 0 Å². The van der Waals surface area contributed by atoms with E-state index in [2.05, 4.69) is 31.2 Å². The SMILES string of the molecule is CCC(C)(CCO)NC(C)c1cnn(C)c1. The lowest BCUT2D eigenvalue weighted by atomic mass is 9.93. The number of aliphatic hydroxyl groups is 1. The molecule has 0 spiro atoms. The van der Waals surface area contributed by atoms with Crippen molar-refractivity contribution in [3.63, 3.8) is 0 Å². The van der Waals surface area contributed by atoms with Crippen molar-refractivity contribution < 1.29 is 5.11 Å². The minimum Gasteiger partial charge on any atom is -0.396 e. The first-order valence-electron chi connectivity index (χ1n) is 5.88. The van der Waals surface area contributed by atoms with Gasteiger partial charge in [0.1, 0.15) is 0 Å². The number of aliphatic hydroxyl groups excluding tert-OH is 1. The molecule has 92 valence electrons. The zero-order chi connectivity index (χ0) is 12.2. The Morgan fingerprint density at radius 2 is 2.31 bits per heavy atom. The van der Waals surface area contributed by atoms with Crippen LogP contribution in [-0.2, 0) is 7.05 Å². The molecule has 0 aliphatic heterocycles. The molecule has 0 aliphatic carbocycles. The van der Waals surface area contributed by atoms with E-state index in [1.165, 1.54) is 5.56 Å². The summed E-state index contributed by atoms with van der Waals surface area (Å²) in [5.41, 5.74) is 1.17. The maximum Gasteiger partial charge on any atom is 0.0537 e. The summed E-state index contributed by atoms with van der Waals surface area (Å²) in [5.74, 6) is 0. The van der Waals surface area contributed by atoms with E-state index in [4.69, 9.17) is 5.11 Å². The van der Waals surface area contributed by atoms with Gasteiger partial charge in [0.25, 0.3) is 0 Å². The van der Waals surface area contributed by atoms with Crippen LogP contribution in [0.3, 0.4) is 0 Å². The van der Waals surface area contributed by atoms with E-state index in [9.17, 15) is 0 Å². The van der Waals surface area contributed by atoms with E-state index in [1.807, 2.05) is 24.1 Å². The molecule has 2 N–H and O–H groups in total. The van der Waals surface area contributed by atoms with Crippen LogP contribution in [0.25, 0.3) is 0 Å². The number of nitrogens with one attached hydrogen (secondary N) is 1. The predicted molar refractivity (Wildman–Crippen MR) is 65.2 cm³/mol. The molecule has 2 atom stereocenters.